The second-order valence-electron chi connectivity index (χ2n) is 6.60. The Morgan fingerprint density at radius 1 is 1.00 bits per heavy atom. The molecule has 6 heteroatoms. The lowest BCUT2D eigenvalue weighted by atomic mass is 9.98. The molecule has 3 rings (SSSR count). The Morgan fingerprint density at radius 2 is 1.59 bits per heavy atom. The van der Waals surface area contributed by atoms with Crippen molar-refractivity contribution in [2.24, 2.45) is 0 Å². The first-order valence-electron chi connectivity index (χ1n) is 9.07. The maximum absolute atomic E-state index is 12.0. The van der Waals surface area contributed by atoms with Gasteiger partial charge in [0.15, 0.2) is 6.10 Å². The van der Waals surface area contributed by atoms with E-state index >= 15 is 0 Å². The largest absolute Gasteiger partial charge is 0.479 e. The Morgan fingerprint density at radius 3 is 2.19 bits per heavy atom. The summed E-state index contributed by atoms with van der Waals surface area (Å²) >= 11 is 0. The summed E-state index contributed by atoms with van der Waals surface area (Å²) < 4.78 is 5.41. The van der Waals surface area contributed by atoms with Crippen molar-refractivity contribution in [1.82, 2.24) is 5.32 Å². The number of aliphatic hydroxyl groups excluding tert-OH is 1. The van der Waals surface area contributed by atoms with Crippen LogP contribution in [0.4, 0.5) is 4.79 Å². The number of hydrogen-bond donors (Lipinski definition) is 3. The molecule has 0 unspecified atom stereocenters. The zero-order valence-electron chi connectivity index (χ0n) is 14.9. The van der Waals surface area contributed by atoms with Gasteiger partial charge in [0, 0.05) is 12.5 Å². The summed E-state index contributed by atoms with van der Waals surface area (Å²) in [6.07, 6.45) is -0.581. The maximum atomic E-state index is 12.0. The number of aliphatic hydroxyl groups is 1. The highest BCUT2D eigenvalue weighted by Crippen LogP contribution is 2.44. The molecule has 0 bridgehead atoms. The predicted octanol–water partition coefficient (Wildman–Crippen LogP) is 3.14. The number of amides is 1. The second kappa shape index (κ2) is 8.68. The molecular formula is C21H23NO5. The van der Waals surface area contributed by atoms with Crippen molar-refractivity contribution >= 4 is 12.1 Å². The number of nitrogens with one attached hydrogen (secondary N) is 1. The monoisotopic (exact) mass is 369 g/mol. The SMILES string of the molecule is O=C(NCCCC[C@H](O)C(=O)O)OCC1c2ccccc2-c2ccccc21. The molecule has 1 amide bonds. The number of carbonyl (C=O) groups is 2. The highest BCUT2D eigenvalue weighted by Gasteiger charge is 2.28. The third-order valence-corrected chi connectivity index (χ3v) is 4.80. The molecule has 1 aliphatic rings. The minimum absolute atomic E-state index is 0.0221. The average molecular weight is 369 g/mol. The maximum Gasteiger partial charge on any atom is 0.407 e. The van der Waals surface area contributed by atoms with Crippen molar-refractivity contribution in [3.63, 3.8) is 0 Å². The number of hydrogen-bond acceptors (Lipinski definition) is 4. The van der Waals surface area contributed by atoms with Gasteiger partial charge in [-0.25, -0.2) is 9.59 Å². The molecule has 2 aromatic rings. The number of carboxylic acid groups (broad SMARTS) is 1. The summed E-state index contributed by atoms with van der Waals surface area (Å²) in [5, 5.41) is 20.5. The summed E-state index contributed by atoms with van der Waals surface area (Å²) in [6.45, 7) is 0.639. The van der Waals surface area contributed by atoms with Crippen LogP contribution in [-0.2, 0) is 9.53 Å². The van der Waals surface area contributed by atoms with E-state index in [4.69, 9.17) is 9.84 Å². The van der Waals surface area contributed by atoms with Crippen molar-refractivity contribution in [3.05, 3.63) is 59.7 Å². The van der Waals surface area contributed by atoms with Crippen molar-refractivity contribution in [2.75, 3.05) is 13.2 Å². The van der Waals surface area contributed by atoms with E-state index in [1.165, 1.54) is 11.1 Å². The van der Waals surface area contributed by atoms with Crippen LogP contribution in [0.3, 0.4) is 0 Å². The summed E-state index contributed by atoms with van der Waals surface area (Å²) in [7, 11) is 0. The molecular weight excluding hydrogens is 346 g/mol. The lowest BCUT2D eigenvalue weighted by Crippen LogP contribution is -2.27. The molecule has 27 heavy (non-hydrogen) atoms. The highest BCUT2D eigenvalue weighted by atomic mass is 16.5. The van der Waals surface area contributed by atoms with Crippen LogP contribution in [0, 0.1) is 0 Å². The zero-order chi connectivity index (χ0) is 19.2. The molecule has 0 radical (unpaired) electrons. The number of ether oxygens (including phenoxy) is 1. The predicted molar refractivity (Wildman–Crippen MR) is 101 cm³/mol. The first-order chi connectivity index (χ1) is 13.1. The van der Waals surface area contributed by atoms with Gasteiger partial charge < -0.3 is 20.3 Å². The van der Waals surface area contributed by atoms with Gasteiger partial charge in [0.1, 0.15) is 6.61 Å². The number of rotatable bonds is 8. The molecule has 1 aliphatic carbocycles. The summed E-state index contributed by atoms with van der Waals surface area (Å²) in [5.41, 5.74) is 4.68. The van der Waals surface area contributed by atoms with E-state index < -0.39 is 18.2 Å². The molecule has 0 aliphatic heterocycles. The molecule has 0 saturated heterocycles. The smallest absolute Gasteiger partial charge is 0.407 e. The van der Waals surface area contributed by atoms with Gasteiger partial charge >= 0.3 is 12.1 Å². The fourth-order valence-corrected chi connectivity index (χ4v) is 3.43. The normalized spacial score (nSPS) is 13.5. The number of alkyl carbamates (subject to hydrolysis) is 1. The van der Waals surface area contributed by atoms with Crippen molar-refractivity contribution < 1.29 is 24.5 Å². The van der Waals surface area contributed by atoms with E-state index in [1.54, 1.807) is 0 Å². The zero-order valence-corrected chi connectivity index (χ0v) is 14.9. The Balaban J connectivity index is 1.48. The lowest BCUT2D eigenvalue weighted by Gasteiger charge is -2.14. The van der Waals surface area contributed by atoms with Gasteiger partial charge in [-0.1, -0.05) is 48.5 Å². The van der Waals surface area contributed by atoms with Gasteiger partial charge in [-0.15, -0.1) is 0 Å². The molecule has 142 valence electrons. The van der Waals surface area contributed by atoms with Gasteiger partial charge in [0.2, 0.25) is 0 Å². The first-order valence-corrected chi connectivity index (χ1v) is 9.07. The van der Waals surface area contributed by atoms with Crippen LogP contribution in [0.1, 0.15) is 36.3 Å². The second-order valence-corrected chi connectivity index (χ2v) is 6.60. The van der Waals surface area contributed by atoms with E-state index in [1.807, 2.05) is 24.3 Å². The number of carboxylic acids is 1. The number of unbranched alkanes of at least 4 members (excludes halogenated alkanes) is 1. The number of fused-ring (bicyclic) bond motifs is 3. The number of benzene rings is 2. The Kier molecular flexibility index (Phi) is 6.08. The van der Waals surface area contributed by atoms with Crippen LogP contribution in [0.15, 0.2) is 48.5 Å². The van der Waals surface area contributed by atoms with Crippen LogP contribution in [0.25, 0.3) is 11.1 Å². The van der Waals surface area contributed by atoms with Gasteiger partial charge in [0.05, 0.1) is 0 Å². The fraction of sp³-hybridized carbons (Fsp3) is 0.333. The molecule has 6 nitrogen and oxygen atoms in total. The van der Waals surface area contributed by atoms with Crippen molar-refractivity contribution in [2.45, 2.75) is 31.3 Å². The van der Waals surface area contributed by atoms with Crippen molar-refractivity contribution in [3.8, 4) is 11.1 Å². The standard InChI is InChI=1S/C21H23NO5/c23-19(20(24)25)11-5-6-12-22-21(26)27-13-18-16-9-3-1-7-14(16)15-8-2-4-10-17(15)18/h1-4,7-10,18-19,23H,5-6,11-13H2,(H,22,26)(H,24,25)/t19-/m0/s1. The topological polar surface area (TPSA) is 95.9 Å². The van der Waals surface area contributed by atoms with Gasteiger partial charge in [-0.2, -0.15) is 0 Å². The van der Waals surface area contributed by atoms with Crippen LogP contribution in [0.5, 0.6) is 0 Å². The number of carbonyl (C=O) groups excluding carboxylic acids is 1. The Hall–Kier alpha value is -2.86. The Bertz CT molecular complexity index is 774. The van der Waals surface area contributed by atoms with E-state index in [0.29, 0.717) is 19.4 Å². The molecule has 3 N–H and O–H groups in total. The minimum atomic E-state index is -1.35. The molecule has 0 spiro atoms. The van der Waals surface area contributed by atoms with Gasteiger partial charge in [-0.3, -0.25) is 0 Å². The summed E-state index contributed by atoms with van der Waals surface area (Å²) in [6, 6.07) is 16.3. The highest BCUT2D eigenvalue weighted by molar-refractivity contribution is 5.79. The first kappa shape index (κ1) is 18.9. The molecule has 1 atom stereocenters. The van der Waals surface area contributed by atoms with E-state index in [9.17, 15) is 14.7 Å². The average Bonchev–Trinajstić information content (AvgIpc) is 3.00. The lowest BCUT2D eigenvalue weighted by molar-refractivity contribution is -0.146. The van der Waals surface area contributed by atoms with E-state index in [-0.39, 0.29) is 18.9 Å². The fourth-order valence-electron chi connectivity index (χ4n) is 3.43. The van der Waals surface area contributed by atoms with Crippen LogP contribution < -0.4 is 5.32 Å². The third-order valence-electron chi connectivity index (χ3n) is 4.80. The van der Waals surface area contributed by atoms with Gasteiger partial charge in [0.25, 0.3) is 0 Å². The Labute approximate surface area is 157 Å². The van der Waals surface area contributed by atoms with E-state index in [0.717, 1.165) is 11.1 Å². The summed E-state index contributed by atoms with van der Waals surface area (Å²) in [4.78, 5) is 22.5. The molecule has 0 fully saturated rings. The van der Waals surface area contributed by atoms with Crippen LogP contribution in [-0.4, -0.2) is 41.5 Å². The minimum Gasteiger partial charge on any atom is -0.479 e. The molecule has 0 aromatic heterocycles. The quantitative estimate of drug-likeness (QED) is 0.621. The molecule has 2 aromatic carbocycles. The third kappa shape index (κ3) is 4.46. The van der Waals surface area contributed by atoms with E-state index in [2.05, 4.69) is 29.6 Å². The van der Waals surface area contributed by atoms with Crippen molar-refractivity contribution in [1.29, 1.82) is 0 Å². The molecule has 0 saturated carbocycles. The van der Waals surface area contributed by atoms with Crippen LogP contribution in [0.2, 0.25) is 0 Å². The molecule has 0 heterocycles. The van der Waals surface area contributed by atoms with Crippen LogP contribution >= 0.6 is 0 Å². The summed E-state index contributed by atoms with van der Waals surface area (Å²) in [5.74, 6) is -1.20. The van der Waals surface area contributed by atoms with Gasteiger partial charge in [-0.05, 0) is 41.5 Å². The number of aliphatic carboxylic acids is 1.